The molecule has 3 N–H and O–H groups in total. The number of carbonyl (C=O) groups is 4. The maximum absolute atomic E-state index is 13.1. The van der Waals surface area contributed by atoms with E-state index in [1.165, 1.54) is 225 Å². The van der Waals surface area contributed by atoms with Crippen LogP contribution in [0, 0.1) is 5.92 Å². The van der Waals surface area contributed by atoms with Crippen molar-refractivity contribution in [3.05, 3.63) is 0 Å². The molecule has 3 unspecified atom stereocenters. The molecule has 0 spiro atoms. The zero-order valence-corrected chi connectivity index (χ0v) is 64.3. The predicted octanol–water partition coefficient (Wildman–Crippen LogP) is 22.9. The quantitative estimate of drug-likeness (QED) is 0.0222. The molecule has 0 aromatic carbocycles. The first-order valence-corrected chi connectivity index (χ1v) is 43.2. The van der Waals surface area contributed by atoms with Gasteiger partial charge in [0.15, 0.2) is 12.2 Å². The van der Waals surface area contributed by atoms with E-state index in [1.54, 1.807) is 0 Å². The van der Waals surface area contributed by atoms with Crippen LogP contribution in [0.25, 0.3) is 0 Å². The third-order valence-electron chi connectivity index (χ3n) is 18.4. The average Bonchev–Trinajstić information content (AvgIpc) is 2.53. The second-order valence-electron chi connectivity index (χ2n) is 28.0. The van der Waals surface area contributed by atoms with E-state index in [9.17, 15) is 43.2 Å². The third kappa shape index (κ3) is 69.2. The van der Waals surface area contributed by atoms with Gasteiger partial charge in [0.1, 0.15) is 19.3 Å². The Balaban J connectivity index is 5.16. The van der Waals surface area contributed by atoms with Gasteiger partial charge in [0.2, 0.25) is 0 Å². The Kier molecular flexibility index (Phi) is 68.7. The van der Waals surface area contributed by atoms with Crippen molar-refractivity contribution in [2.75, 3.05) is 39.6 Å². The van der Waals surface area contributed by atoms with Crippen molar-refractivity contribution in [1.29, 1.82) is 0 Å². The molecule has 0 aliphatic rings. The number of hydrogen-bond donors (Lipinski definition) is 3. The number of phosphoric ester groups is 2. The number of hydrogen-bond acceptors (Lipinski definition) is 15. The van der Waals surface area contributed by atoms with E-state index < -0.39 is 97.5 Å². The monoisotopic (exact) mass is 1410 g/mol. The Labute approximate surface area is 588 Å². The Morgan fingerprint density at radius 3 is 0.740 bits per heavy atom. The van der Waals surface area contributed by atoms with E-state index in [2.05, 4.69) is 34.6 Å². The van der Waals surface area contributed by atoms with Crippen molar-refractivity contribution in [2.24, 2.45) is 5.92 Å². The maximum atomic E-state index is 13.1. The lowest BCUT2D eigenvalue weighted by Gasteiger charge is -2.21. The number of unbranched alkanes of at least 4 members (excludes halogenated alkanes) is 48. The highest BCUT2D eigenvalue weighted by atomic mass is 31.2. The summed E-state index contributed by atoms with van der Waals surface area (Å²) < 4.78 is 68.4. The fourth-order valence-corrected chi connectivity index (χ4v) is 13.4. The molecule has 0 rings (SSSR count). The van der Waals surface area contributed by atoms with E-state index >= 15 is 0 Å². The predicted molar refractivity (Wildman–Crippen MR) is 391 cm³/mol. The Bertz CT molecular complexity index is 1840. The minimum absolute atomic E-state index is 0.103. The summed E-state index contributed by atoms with van der Waals surface area (Å²) in [6, 6.07) is 0. The van der Waals surface area contributed by atoms with Crippen molar-refractivity contribution in [1.82, 2.24) is 0 Å². The molecule has 0 saturated carbocycles. The summed E-state index contributed by atoms with van der Waals surface area (Å²) in [5.41, 5.74) is 0. The topological polar surface area (TPSA) is 237 Å². The molecule has 0 aliphatic heterocycles. The minimum atomic E-state index is -4.96. The van der Waals surface area contributed by atoms with Crippen molar-refractivity contribution in [2.45, 2.75) is 425 Å². The molecule has 0 fully saturated rings. The fraction of sp³-hybridized carbons (Fsp3) is 0.948. The molecule has 0 aromatic rings. The highest BCUT2D eigenvalue weighted by Crippen LogP contribution is 2.45. The number of esters is 4. The second-order valence-corrected chi connectivity index (χ2v) is 30.9. The van der Waals surface area contributed by atoms with E-state index in [0.717, 1.165) is 102 Å². The summed E-state index contributed by atoms with van der Waals surface area (Å²) in [4.78, 5) is 72.7. The molecule has 17 nitrogen and oxygen atoms in total. The highest BCUT2D eigenvalue weighted by Gasteiger charge is 2.30. The van der Waals surface area contributed by atoms with Gasteiger partial charge >= 0.3 is 39.5 Å². The molecule has 6 atom stereocenters. The number of aliphatic hydroxyl groups excluding tert-OH is 1. The molecule has 0 heterocycles. The van der Waals surface area contributed by atoms with Crippen LogP contribution >= 0.6 is 15.6 Å². The fourth-order valence-electron chi connectivity index (χ4n) is 11.8. The van der Waals surface area contributed by atoms with E-state index in [4.69, 9.17) is 37.0 Å². The van der Waals surface area contributed by atoms with Gasteiger partial charge in [-0.15, -0.1) is 0 Å². The molecular formula is C77H150O17P2. The molecule has 570 valence electrons. The number of phosphoric acid groups is 2. The lowest BCUT2D eigenvalue weighted by atomic mass is 10.00. The van der Waals surface area contributed by atoms with Crippen LogP contribution in [-0.4, -0.2) is 96.7 Å². The van der Waals surface area contributed by atoms with Gasteiger partial charge in [-0.25, -0.2) is 9.13 Å². The second kappa shape index (κ2) is 70.1. The summed E-state index contributed by atoms with van der Waals surface area (Å²) in [6.45, 7) is 7.21. The molecule has 19 heteroatoms. The summed E-state index contributed by atoms with van der Waals surface area (Å²) in [5.74, 6) is -1.40. The van der Waals surface area contributed by atoms with Crippen molar-refractivity contribution in [3.63, 3.8) is 0 Å². The Hall–Kier alpha value is -1.94. The van der Waals surface area contributed by atoms with Gasteiger partial charge in [-0.05, 0) is 31.6 Å². The number of rotatable bonds is 77. The van der Waals surface area contributed by atoms with Gasteiger partial charge < -0.3 is 33.8 Å². The summed E-state index contributed by atoms with van der Waals surface area (Å²) in [7, 11) is -9.91. The van der Waals surface area contributed by atoms with Gasteiger partial charge in [0.05, 0.1) is 26.4 Å². The maximum Gasteiger partial charge on any atom is 0.472 e. The Morgan fingerprint density at radius 2 is 0.500 bits per heavy atom. The first-order chi connectivity index (χ1) is 46.6. The molecule has 0 aromatic heterocycles. The van der Waals surface area contributed by atoms with Crippen LogP contribution in [0.15, 0.2) is 0 Å². The largest absolute Gasteiger partial charge is 0.472 e. The lowest BCUT2D eigenvalue weighted by molar-refractivity contribution is -0.161. The Morgan fingerprint density at radius 1 is 0.292 bits per heavy atom. The summed E-state index contributed by atoms with van der Waals surface area (Å²) in [5, 5.41) is 10.6. The molecule has 0 aliphatic carbocycles. The van der Waals surface area contributed by atoms with E-state index in [0.29, 0.717) is 25.7 Å². The van der Waals surface area contributed by atoms with Crippen LogP contribution in [0.2, 0.25) is 0 Å². The van der Waals surface area contributed by atoms with Crippen molar-refractivity contribution >= 4 is 39.5 Å². The highest BCUT2D eigenvalue weighted by molar-refractivity contribution is 7.47. The van der Waals surface area contributed by atoms with Gasteiger partial charge in [0.25, 0.3) is 0 Å². The van der Waals surface area contributed by atoms with Gasteiger partial charge in [0, 0.05) is 25.7 Å². The number of ether oxygens (including phenoxy) is 4. The summed E-state index contributed by atoms with van der Waals surface area (Å²) >= 11 is 0. The average molecular weight is 1410 g/mol. The van der Waals surface area contributed by atoms with Crippen LogP contribution in [0.5, 0.6) is 0 Å². The van der Waals surface area contributed by atoms with E-state index in [-0.39, 0.29) is 25.7 Å². The van der Waals surface area contributed by atoms with Gasteiger partial charge in [-0.2, -0.15) is 0 Å². The standard InChI is InChI=1S/C77H150O17P2/c1-6-10-13-16-19-22-24-26-28-30-31-32-33-34-35-37-39-41-43-46-52-57-62-76(81)93-72(66-88-75(80)61-56-51-45-42-40-38-36-29-27-25-23-20-17-14-11-7-2)68-91-95(83,84)89-64-71(78)65-90-96(85,86)92-69-73(67-87-74(79)60-55-50-44-21-18-15-12-8-3)94-77(82)63-58-53-48-47-49-54-59-70(5)9-4/h70-73,78H,6-69H2,1-5H3,(H,83,84)(H,85,86)/t70?,71-,72-,73-/m1/s1. The molecule has 96 heavy (non-hydrogen) atoms. The molecule has 0 radical (unpaired) electrons. The lowest BCUT2D eigenvalue weighted by Crippen LogP contribution is -2.30. The van der Waals surface area contributed by atoms with Crippen LogP contribution in [0.4, 0.5) is 0 Å². The van der Waals surface area contributed by atoms with Crippen LogP contribution in [0.3, 0.4) is 0 Å². The van der Waals surface area contributed by atoms with Gasteiger partial charge in [-0.3, -0.25) is 37.3 Å². The number of aliphatic hydroxyl groups is 1. The van der Waals surface area contributed by atoms with Crippen LogP contribution < -0.4 is 0 Å². The van der Waals surface area contributed by atoms with Gasteiger partial charge in [-0.1, -0.05) is 356 Å². The minimum Gasteiger partial charge on any atom is -0.462 e. The molecule has 0 amide bonds. The molecule has 0 bridgehead atoms. The summed E-state index contributed by atoms with van der Waals surface area (Å²) in [6.07, 6.45) is 60.0. The van der Waals surface area contributed by atoms with Crippen LogP contribution in [0.1, 0.15) is 407 Å². The molecule has 0 saturated heterocycles. The zero-order chi connectivity index (χ0) is 70.5. The number of carbonyl (C=O) groups excluding carboxylic acids is 4. The molecular weight excluding hydrogens is 1260 g/mol. The van der Waals surface area contributed by atoms with Crippen molar-refractivity contribution < 1.29 is 80.2 Å². The van der Waals surface area contributed by atoms with Crippen molar-refractivity contribution in [3.8, 4) is 0 Å². The SMILES string of the molecule is CCCCCCCCCCCCCCCCCCCCCCCCC(=O)O[C@H](COC(=O)CCCCCCCCCCCCCCCCCC)COP(=O)(O)OC[C@@H](O)COP(=O)(O)OC[C@@H](COC(=O)CCCCCCCCCC)OC(=O)CCCCCCCCC(C)CC. The smallest absolute Gasteiger partial charge is 0.462 e. The first-order valence-electron chi connectivity index (χ1n) is 40.2. The zero-order valence-electron chi connectivity index (χ0n) is 62.5. The first kappa shape index (κ1) is 94.1. The van der Waals surface area contributed by atoms with Crippen LogP contribution in [-0.2, 0) is 65.4 Å². The normalized spacial score (nSPS) is 14.2. The van der Waals surface area contributed by atoms with E-state index in [1.807, 2.05) is 0 Å². The third-order valence-corrected chi connectivity index (χ3v) is 20.3.